The van der Waals surface area contributed by atoms with Crippen LogP contribution in [-0.4, -0.2) is 25.5 Å². The highest BCUT2D eigenvalue weighted by Crippen LogP contribution is 2.29. The van der Waals surface area contributed by atoms with Gasteiger partial charge in [-0.05, 0) is 35.3 Å². The number of halogens is 1. The summed E-state index contributed by atoms with van der Waals surface area (Å²) in [6, 6.07) is 0.370. The van der Waals surface area contributed by atoms with Gasteiger partial charge < -0.3 is 5.11 Å². The van der Waals surface area contributed by atoms with Gasteiger partial charge in [0.2, 0.25) is 10.0 Å². The zero-order chi connectivity index (χ0) is 13.2. The Bertz CT molecular complexity index is 523. The molecule has 1 atom stereocenters. The molecule has 1 aromatic heterocycles. The Morgan fingerprint density at radius 2 is 2.24 bits per heavy atom. The first-order valence-electron chi connectivity index (χ1n) is 4.79. The Labute approximate surface area is 112 Å². The van der Waals surface area contributed by atoms with Crippen LogP contribution in [0.4, 0.5) is 0 Å². The Morgan fingerprint density at radius 1 is 1.65 bits per heavy atom. The van der Waals surface area contributed by atoms with Crippen LogP contribution in [0.3, 0.4) is 0 Å². The first-order valence-corrected chi connectivity index (χ1v) is 7.88. The number of sulfonamides is 1. The predicted octanol–water partition coefficient (Wildman–Crippen LogP) is 1.96. The highest BCUT2D eigenvalue weighted by molar-refractivity contribution is 9.11. The van der Waals surface area contributed by atoms with Gasteiger partial charge in [-0.1, -0.05) is 6.92 Å². The van der Waals surface area contributed by atoms with Crippen molar-refractivity contribution in [1.82, 2.24) is 4.72 Å². The third kappa shape index (κ3) is 3.51. The Balaban J connectivity index is 3.04. The summed E-state index contributed by atoms with van der Waals surface area (Å²) in [7, 11) is -3.78. The van der Waals surface area contributed by atoms with Gasteiger partial charge in [-0.2, -0.15) is 4.72 Å². The number of aliphatic carboxylic acids is 1. The minimum absolute atomic E-state index is 0.120. The molecular weight excluding hydrogens is 330 g/mol. The quantitative estimate of drug-likeness (QED) is 0.857. The van der Waals surface area contributed by atoms with Crippen molar-refractivity contribution in [2.75, 3.05) is 0 Å². The molecule has 1 aromatic rings. The van der Waals surface area contributed by atoms with Crippen molar-refractivity contribution in [3.8, 4) is 0 Å². The van der Waals surface area contributed by atoms with E-state index < -0.39 is 22.0 Å². The van der Waals surface area contributed by atoms with Gasteiger partial charge in [0.15, 0.2) is 0 Å². The maximum Gasteiger partial charge on any atom is 0.321 e. The number of thiophene rings is 1. The van der Waals surface area contributed by atoms with E-state index >= 15 is 0 Å². The van der Waals surface area contributed by atoms with Crippen LogP contribution < -0.4 is 4.72 Å². The summed E-state index contributed by atoms with van der Waals surface area (Å²) in [5.41, 5.74) is 0. The molecule has 0 spiro atoms. The van der Waals surface area contributed by atoms with E-state index in [-0.39, 0.29) is 11.3 Å². The van der Waals surface area contributed by atoms with Crippen LogP contribution in [0.5, 0.6) is 0 Å². The van der Waals surface area contributed by atoms with E-state index in [4.69, 9.17) is 5.11 Å². The zero-order valence-corrected chi connectivity index (χ0v) is 12.4. The van der Waals surface area contributed by atoms with Crippen LogP contribution in [0, 0.1) is 6.92 Å². The zero-order valence-electron chi connectivity index (χ0n) is 9.23. The third-order valence-electron chi connectivity index (χ3n) is 2.14. The fourth-order valence-corrected chi connectivity index (χ4v) is 4.94. The van der Waals surface area contributed by atoms with Crippen molar-refractivity contribution in [2.45, 2.75) is 31.2 Å². The molecule has 0 aliphatic heterocycles. The maximum absolute atomic E-state index is 12.0. The summed E-state index contributed by atoms with van der Waals surface area (Å²) >= 11 is 4.49. The van der Waals surface area contributed by atoms with E-state index in [1.54, 1.807) is 13.8 Å². The average molecular weight is 342 g/mol. The van der Waals surface area contributed by atoms with Crippen molar-refractivity contribution in [2.24, 2.45) is 0 Å². The highest BCUT2D eigenvalue weighted by Gasteiger charge is 2.26. The molecule has 17 heavy (non-hydrogen) atoms. The van der Waals surface area contributed by atoms with Crippen molar-refractivity contribution in [1.29, 1.82) is 0 Å². The van der Waals surface area contributed by atoms with Gasteiger partial charge in [0.1, 0.15) is 6.04 Å². The van der Waals surface area contributed by atoms with Gasteiger partial charge >= 0.3 is 5.97 Å². The van der Waals surface area contributed by atoms with Crippen LogP contribution >= 0.6 is 27.3 Å². The van der Waals surface area contributed by atoms with Crippen LogP contribution in [0.25, 0.3) is 0 Å². The number of rotatable bonds is 5. The van der Waals surface area contributed by atoms with Crippen LogP contribution in [-0.2, 0) is 14.8 Å². The van der Waals surface area contributed by atoms with E-state index in [9.17, 15) is 13.2 Å². The minimum atomic E-state index is -3.78. The van der Waals surface area contributed by atoms with Crippen LogP contribution in [0.15, 0.2) is 14.7 Å². The molecule has 1 heterocycles. The van der Waals surface area contributed by atoms with Crippen molar-refractivity contribution < 1.29 is 18.3 Å². The van der Waals surface area contributed by atoms with Gasteiger partial charge in [-0.25, -0.2) is 8.42 Å². The molecule has 0 saturated carbocycles. The average Bonchev–Trinajstić information content (AvgIpc) is 2.54. The summed E-state index contributed by atoms with van der Waals surface area (Å²) in [6.07, 6.45) is 0.193. The number of carboxylic acid groups (broad SMARTS) is 1. The number of carboxylic acids is 1. The van der Waals surface area contributed by atoms with Gasteiger partial charge in [0, 0.05) is 4.88 Å². The molecular formula is C9H12BrNO4S2. The van der Waals surface area contributed by atoms with Crippen molar-refractivity contribution >= 4 is 43.3 Å². The topological polar surface area (TPSA) is 83.5 Å². The molecule has 0 unspecified atom stereocenters. The van der Waals surface area contributed by atoms with Crippen molar-refractivity contribution in [3.05, 3.63) is 14.7 Å². The summed E-state index contributed by atoms with van der Waals surface area (Å²) in [5, 5.41) is 8.82. The predicted molar refractivity (Wildman–Crippen MR) is 68.8 cm³/mol. The van der Waals surface area contributed by atoms with Gasteiger partial charge in [-0.15, -0.1) is 11.3 Å². The second kappa shape index (κ2) is 5.47. The number of carbonyl (C=O) groups is 1. The molecule has 0 aliphatic carbocycles. The number of aryl methyl sites for hydroxylation is 1. The number of hydrogen-bond acceptors (Lipinski definition) is 4. The molecule has 0 radical (unpaired) electrons. The molecule has 1 rings (SSSR count). The van der Waals surface area contributed by atoms with Crippen LogP contribution in [0.2, 0.25) is 0 Å². The van der Waals surface area contributed by atoms with E-state index in [1.807, 2.05) is 0 Å². The molecule has 2 N–H and O–H groups in total. The van der Waals surface area contributed by atoms with Crippen molar-refractivity contribution in [3.63, 3.8) is 0 Å². The summed E-state index contributed by atoms with van der Waals surface area (Å²) in [5.74, 6) is -1.18. The molecule has 96 valence electrons. The van der Waals surface area contributed by atoms with Gasteiger partial charge in [-0.3, -0.25) is 4.79 Å². The molecule has 0 saturated heterocycles. The van der Waals surface area contributed by atoms with E-state index in [2.05, 4.69) is 20.7 Å². The molecule has 0 aromatic carbocycles. The lowest BCUT2D eigenvalue weighted by Crippen LogP contribution is -2.40. The lowest BCUT2D eigenvalue weighted by Gasteiger charge is -2.12. The second-order valence-corrected chi connectivity index (χ2v) is 7.71. The SMILES string of the molecule is CC[C@H](NS(=O)(=O)c1cc(Br)sc1C)C(=O)O. The molecule has 0 aliphatic rings. The summed E-state index contributed by atoms with van der Waals surface area (Å²) < 4.78 is 26.8. The lowest BCUT2D eigenvalue weighted by molar-refractivity contribution is -0.139. The highest BCUT2D eigenvalue weighted by atomic mass is 79.9. The number of hydrogen-bond donors (Lipinski definition) is 2. The Kier molecular flexibility index (Phi) is 4.70. The largest absolute Gasteiger partial charge is 0.480 e. The van der Waals surface area contributed by atoms with Gasteiger partial charge in [0.25, 0.3) is 0 Å². The van der Waals surface area contributed by atoms with E-state index in [0.717, 1.165) is 0 Å². The summed E-state index contributed by atoms with van der Waals surface area (Å²) in [6.45, 7) is 3.28. The van der Waals surface area contributed by atoms with E-state index in [0.29, 0.717) is 8.66 Å². The normalized spacial score (nSPS) is 13.6. The first kappa shape index (κ1) is 14.6. The third-order valence-corrected chi connectivity index (χ3v) is 5.42. The van der Waals surface area contributed by atoms with E-state index in [1.165, 1.54) is 17.4 Å². The molecule has 8 heteroatoms. The molecule has 5 nitrogen and oxygen atoms in total. The van der Waals surface area contributed by atoms with Gasteiger partial charge in [0.05, 0.1) is 8.68 Å². The number of nitrogens with one attached hydrogen (secondary N) is 1. The molecule has 0 fully saturated rings. The fraction of sp³-hybridized carbons (Fsp3) is 0.444. The molecule has 0 amide bonds. The minimum Gasteiger partial charge on any atom is -0.480 e. The Morgan fingerprint density at radius 3 is 2.59 bits per heavy atom. The summed E-state index contributed by atoms with van der Waals surface area (Å²) in [4.78, 5) is 11.5. The lowest BCUT2D eigenvalue weighted by atomic mass is 10.2. The molecule has 0 bridgehead atoms. The smallest absolute Gasteiger partial charge is 0.321 e. The van der Waals surface area contributed by atoms with Crippen LogP contribution in [0.1, 0.15) is 18.2 Å². The fourth-order valence-electron chi connectivity index (χ4n) is 1.26. The standard InChI is InChI=1S/C9H12BrNO4S2/c1-3-6(9(12)13)11-17(14,15)7-4-8(10)16-5(7)2/h4,6,11H,3H2,1-2H3,(H,12,13)/t6-/m0/s1. The first-order chi connectivity index (χ1) is 7.77. The Hall–Kier alpha value is -0.440. The maximum atomic E-state index is 12.0. The second-order valence-electron chi connectivity index (χ2n) is 3.39. The monoisotopic (exact) mass is 341 g/mol.